The van der Waals surface area contributed by atoms with Crippen LogP contribution in [0.1, 0.15) is 162 Å². The lowest BCUT2D eigenvalue weighted by atomic mass is 9.82. The second kappa shape index (κ2) is 35.7. The summed E-state index contributed by atoms with van der Waals surface area (Å²) >= 11 is 0. The third-order valence-corrected chi connectivity index (χ3v) is 13.8. The van der Waals surface area contributed by atoms with E-state index in [2.05, 4.69) is 31.2 Å². The Kier molecular flexibility index (Phi) is 32.4. The van der Waals surface area contributed by atoms with Crippen molar-refractivity contribution in [2.75, 3.05) is 13.2 Å². The maximum absolute atomic E-state index is 13.9. The number of esters is 2. The van der Waals surface area contributed by atoms with Crippen molar-refractivity contribution in [3.8, 4) is 0 Å². The molecule has 1 unspecified atom stereocenters. The van der Waals surface area contributed by atoms with Gasteiger partial charge in [-0.1, -0.05) is 133 Å². The van der Waals surface area contributed by atoms with E-state index in [4.69, 9.17) is 23.0 Å². The number of Topliss-reactive ketones (excluding diaryl/α,β-unsaturated/α-hetero) is 1. The quantitative estimate of drug-likeness (QED) is 0.0200. The number of aliphatic hydroxyl groups is 6. The Morgan fingerprint density at radius 2 is 1.41 bits per heavy atom. The van der Waals surface area contributed by atoms with Crippen LogP contribution in [0.2, 0.25) is 0 Å². The van der Waals surface area contributed by atoms with Gasteiger partial charge in [-0.05, 0) is 57.8 Å². The van der Waals surface area contributed by atoms with E-state index in [1.54, 1.807) is 0 Å². The number of carbonyl (C=O) groups excluding carboxylic acids is 3. The molecule has 2 aliphatic rings. The number of fused-ring (bicyclic) bond motifs is 4. The van der Waals surface area contributed by atoms with Gasteiger partial charge >= 0.3 is 27.6 Å². The number of phosphoric acid groups is 2. The molecule has 0 aromatic carbocycles. The summed E-state index contributed by atoms with van der Waals surface area (Å²) in [5.74, 6) is -5.69. The van der Waals surface area contributed by atoms with Gasteiger partial charge in [-0.3, -0.25) is 28.0 Å². The molecular formula is C49H84O19P2. The van der Waals surface area contributed by atoms with Gasteiger partial charge < -0.3 is 54.8 Å². The second-order valence-electron chi connectivity index (χ2n) is 18.3. The molecule has 12 atom stereocenters. The number of aliphatic hydroxyl groups excluding tert-OH is 6. The van der Waals surface area contributed by atoms with E-state index >= 15 is 0 Å². The Morgan fingerprint density at radius 3 is 2.09 bits per heavy atom. The highest BCUT2D eigenvalue weighted by Crippen LogP contribution is 2.49. The molecule has 0 aromatic heterocycles. The first-order chi connectivity index (χ1) is 33.3. The number of carbonyl (C=O) groups is 3. The van der Waals surface area contributed by atoms with Crippen LogP contribution in [-0.2, 0) is 46.6 Å². The molecule has 1 saturated heterocycles. The third-order valence-electron chi connectivity index (χ3n) is 12.3. The van der Waals surface area contributed by atoms with E-state index in [1.807, 2.05) is 19.1 Å². The van der Waals surface area contributed by atoms with Crippen molar-refractivity contribution in [1.82, 2.24) is 0 Å². The van der Waals surface area contributed by atoms with Crippen molar-refractivity contribution < 1.29 is 91.9 Å². The van der Waals surface area contributed by atoms with Gasteiger partial charge in [0.05, 0.1) is 36.9 Å². The predicted octanol–water partition coefficient (Wildman–Crippen LogP) is 6.65. The van der Waals surface area contributed by atoms with Gasteiger partial charge in [0.2, 0.25) is 0 Å². The standard InChI is InChI=1S/C49H84O19P2/c1-3-5-7-8-9-10-11-12-13-14-15-16-17-18-19-20-25-29-42(53)64-34-37-35-65-70(62,63)68-49-47(58)46(57)44(55)38(28-24-21-22-26-30-43(54)66-37)40(51)33-41(52)39(32-31-36(50)27-23-6-4-2)45(56)48(49)67-69(59,60)61/h12-13,15-16,18-19,31-32,36-40,44-51,55-58H,3-11,14,17,20-30,33-35H2,1-2H3,(H,62,63)(H2,59,60,61)/b13-12-,16-15-,19-18-,32-31?/t36-,37+,38-,39-,40-,44+,45+,46-,47+,48+,49-/m0/s1. The minimum absolute atomic E-state index is 0.0157. The zero-order valence-electron chi connectivity index (χ0n) is 41.1. The fraction of sp³-hybridized carbons (Fsp3) is 0.776. The summed E-state index contributed by atoms with van der Waals surface area (Å²) in [5.41, 5.74) is 0. The Bertz CT molecular complexity index is 1700. The number of ether oxygens (including phenoxy) is 2. The van der Waals surface area contributed by atoms with Gasteiger partial charge in [-0.25, -0.2) is 9.13 Å². The van der Waals surface area contributed by atoms with E-state index in [-0.39, 0.29) is 32.1 Å². The Labute approximate surface area is 414 Å². The number of cyclic esters (lactones) is 1. The van der Waals surface area contributed by atoms with Crippen molar-refractivity contribution >= 4 is 33.4 Å². The molecular weight excluding hydrogens is 954 g/mol. The minimum Gasteiger partial charge on any atom is -0.462 e. The molecule has 70 heavy (non-hydrogen) atoms. The lowest BCUT2D eigenvalue weighted by molar-refractivity contribution is -0.165. The average Bonchev–Trinajstić information content (AvgIpc) is 3.30. The van der Waals surface area contributed by atoms with Gasteiger partial charge in [0, 0.05) is 25.2 Å². The highest BCUT2D eigenvalue weighted by Gasteiger charge is 2.51. The SMILES string of the molecule is CCCCCCCC/C=C\C/C=C\C/C=C\CCCC(=O)OC[C@@H]1COP(=O)(O)O[C@H]2[C@H](O)[C@@H](O)[C@H](O)[C@@H](CCCCCCC(=O)O1)[C@@H](O)CC(=O)[C@H](C=C[C@@H](O)CCCCC)[C@@H](O)[C@H]2OP(=O)(O)O. The summed E-state index contributed by atoms with van der Waals surface area (Å²) in [6.45, 7) is 2.52. The van der Waals surface area contributed by atoms with Crippen LogP contribution in [0.3, 0.4) is 0 Å². The summed E-state index contributed by atoms with van der Waals surface area (Å²) in [5, 5.41) is 68.1. The van der Waals surface area contributed by atoms with Crippen LogP contribution in [0.25, 0.3) is 0 Å². The molecule has 2 bridgehead atoms. The molecule has 0 amide bonds. The Hall–Kier alpha value is -2.45. The van der Waals surface area contributed by atoms with Gasteiger partial charge in [-0.15, -0.1) is 0 Å². The van der Waals surface area contributed by atoms with E-state index in [0.717, 1.165) is 44.3 Å². The van der Waals surface area contributed by atoms with Crippen molar-refractivity contribution in [2.45, 2.75) is 216 Å². The Balaban J connectivity index is 2.27. The average molecular weight is 1040 g/mol. The van der Waals surface area contributed by atoms with Crippen LogP contribution < -0.4 is 0 Å². The summed E-state index contributed by atoms with van der Waals surface area (Å²) in [6, 6.07) is 0. The van der Waals surface area contributed by atoms with Crippen LogP contribution in [-0.4, -0.2) is 131 Å². The fourth-order valence-corrected chi connectivity index (χ4v) is 9.79. The largest absolute Gasteiger partial charge is 0.472 e. The van der Waals surface area contributed by atoms with Crippen LogP contribution in [0.4, 0.5) is 0 Å². The molecule has 2 rings (SSSR count). The molecule has 9 N–H and O–H groups in total. The lowest BCUT2D eigenvalue weighted by Crippen LogP contribution is -2.56. The molecule has 0 spiro atoms. The number of phosphoric ester groups is 2. The fourth-order valence-electron chi connectivity index (χ4n) is 8.26. The monoisotopic (exact) mass is 1040 g/mol. The first kappa shape index (κ1) is 63.7. The molecule has 1 saturated carbocycles. The molecule has 2 fully saturated rings. The first-order valence-corrected chi connectivity index (χ1v) is 28.3. The molecule has 1 heterocycles. The maximum Gasteiger partial charge on any atom is 0.472 e. The van der Waals surface area contributed by atoms with Gasteiger partial charge in [0.15, 0.2) is 6.10 Å². The molecule has 1 aliphatic heterocycles. The van der Waals surface area contributed by atoms with Gasteiger partial charge in [-0.2, -0.15) is 0 Å². The van der Waals surface area contributed by atoms with Crippen LogP contribution >= 0.6 is 15.6 Å². The van der Waals surface area contributed by atoms with E-state index in [0.29, 0.717) is 38.5 Å². The topological polar surface area (TPSA) is 314 Å². The molecule has 404 valence electrons. The summed E-state index contributed by atoms with van der Waals surface area (Å²) in [7, 11) is -11.5. The number of ketones is 1. The van der Waals surface area contributed by atoms with E-state index in [1.165, 1.54) is 38.5 Å². The number of unbranched alkanes of at least 4 members (excludes halogenated alkanes) is 9. The molecule has 0 aromatic rings. The smallest absolute Gasteiger partial charge is 0.462 e. The van der Waals surface area contributed by atoms with Crippen molar-refractivity contribution in [3.63, 3.8) is 0 Å². The Morgan fingerprint density at radius 1 is 0.800 bits per heavy atom. The van der Waals surface area contributed by atoms with Crippen molar-refractivity contribution in [1.29, 1.82) is 0 Å². The zero-order chi connectivity index (χ0) is 52.0. The predicted molar refractivity (Wildman–Crippen MR) is 261 cm³/mol. The van der Waals surface area contributed by atoms with E-state index in [9.17, 15) is 68.8 Å². The highest BCUT2D eigenvalue weighted by molar-refractivity contribution is 7.47. The molecule has 1 aliphatic carbocycles. The first-order valence-electron chi connectivity index (χ1n) is 25.3. The minimum atomic E-state index is -5.79. The number of rotatable bonds is 25. The number of allylic oxidation sites excluding steroid dienone is 6. The van der Waals surface area contributed by atoms with E-state index < -0.39 is 120 Å². The number of hydrogen-bond acceptors (Lipinski definition) is 16. The van der Waals surface area contributed by atoms with Crippen molar-refractivity contribution in [3.05, 3.63) is 48.6 Å². The highest BCUT2D eigenvalue weighted by atomic mass is 31.2. The van der Waals surface area contributed by atoms with Crippen molar-refractivity contribution in [2.24, 2.45) is 11.8 Å². The molecule has 19 nitrogen and oxygen atoms in total. The summed E-state index contributed by atoms with van der Waals surface area (Å²) in [4.78, 5) is 70.6. The third kappa shape index (κ3) is 27.0. The van der Waals surface area contributed by atoms with Crippen LogP contribution in [0.5, 0.6) is 0 Å². The maximum atomic E-state index is 13.9. The number of hydrogen-bond donors (Lipinski definition) is 9. The van der Waals surface area contributed by atoms with Crippen LogP contribution in [0, 0.1) is 11.8 Å². The molecule has 21 heteroatoms. The van der Waals surface area contributed by atoms with Crippen LogP contribution in [0.15, 0.2) is 48.6 Å². The normalized spacial score (nSPS) is 30.2. The van der Waals surface area contributed by atoms with Gasteiger partial charge in [0.1, 0.15) is 36.8 Å². The molecule has 0 radical (unpaired) electrons. The zero-order valence-corrected chi connectivity index (χ0v) is 42.9. The second-order valence-corrected chi connectivity index (χ2v) is 20.9. The summed E-state index contributed by atoms with van der Waals surface area (Å²) in [6.07, 6.45) is 9.25. The lowest BCUT2D eigenvalue weighted by Gasteiger charge is -2.38. The van der Waals surface area contributed by atoms with Gasteiger partial charge in [0.25, 0.3) is 0 Å². The summed E-state index contributed by atoms with van der Waals surface area (Å²) < 4.78 is 52.1.